The van der Waals surface area contributed by atoms with Crippen LogP contribution in [-0.4, -0.2) is 54.9 Å². The summed E-state index contributed by atoms with van der Waals surface area (Å²) in [5, 5.41) is 33.5. The molecular weight excluding hydrogens is 456 g/mol. The summed E-state index contributed by atoms with van der Waals surface area (Å²) < 4.78 is 26.1. The molecule has 11 nitrogen and oxygen atoms in total. The number of nitrogen functional groups attached to an aromatic ring is 1. The van der Waals surface area contributed by atoms with Gasteiger partial charge in [-0.2, -0.15) is 0 Å². The number of amides is 1. The molecule has 2 heterocycles. The van der Waals surface area contributed by atoms with Crippen molar-refractivity contribution >= 4 is 44.9 Å². The van der Waals surface area contributed by atoms with Crippen molar-refractivity contribution in [1.82, 2.24) is 24.5 Å². The van der Waals surface area contributed by atoms with Crippen LogP contribution in [0.1, 0.15) is 23.2 Å². The average molecular weight is 473 g/mol. The highest BCUT2D eigenvalue weighted by molar-refractivity contribution is 8.00. The van der Waals surface area contributed by atoms with Crippen molar-refractivity contribution in [3.63, 3.8) is 0 Å². The van der Waals surface area contributed by atoms with Gasteiger partial charge in [0.05, 0.1) is 22.3 Å². The number of aromatic nitrogens is 4. The van der Waals surface area contributed by atoms with Crippen LogP contribution in [0.15, 0.2) is 46.5 Å². The molecule has 5 rings (SSSR count). The third-order valence-corrected chi connectivity index (χ3v) is 7.98. The van der Waals surface area contributed by atoms with E-state index in [0.29, 0.717) is 21.8 Å². The molecule has 13 heteroatoms. The maximum absolute atomic E-state index is 12.7. The highest BCUT2D eigenvalue weighted by Gasteiger charge is 2.40. The van der Waals surface area contributed by atoms with Crippen molar-refractivity contribution in [1.29, 1.82) is 0 Å². The highest BCUT2D eigenvalue weighted by atomic mass is 32.2. The molecule has 1 aliphatic carbocycles. The first-order chi connectivity index (χ1) is 15.3. The molecule has 3 aromatic rings. The number of aliphatic hydroxyl groups is 2. The topological polar surface area (TPSA) is 165 Å². The first-order valence-electron chi connectivity index (χ1n) is 9.41. The minimum Gasteiger partial charge on any atom is -0.512 e. The Morgan fingerprint density at radius 2 is 1.78 bits per heavy atom. The first kappa shape index (κ1) is 20.3. The van der Waals surface area contributed by atoms with Gasteiger partial charge < -0.3 is 15.9 Å². The molecule has 1 aliphatic heterocycles. The predicted octanol–water partition coefficient (Wildman–Crippen LogP) is 0.265. The Hall–Kier alpha value is -3.58. The SMILES string of the molecule is Nc1ccc(-n2nnc(SCN3C(=O)c4ccccc4S3(=O)=O)n2)c2c1=C(O)CCC=2O. The van der Waals surface area contributed by atoms with Gasteiger partial charge in [-0.3, -0.25) is 4.79 Å². The second-order valence-corrected chi connectivity index (χ2v) is 9.85. The van der Waals surface area contributed by atoms with Crippen LogP contribution >= 0.6 is 11.8 Å². The third kappa shape index (κ3) is 3.00. The summed E-state index contributed by atoms with van der Waals surface area (Å²) in [5.41, 5.74) is 6.76. The van der Waals surface area contributed by atoms with E-state index in [0.717, 1.165) is 20.9 Å². The van der Waals surface area contributed by atoms with E-state index in [1.807, 2.05) is 0 Å². The van der Waals surface area contributed by atoms with Crippen molar-refractivity contribution < 1.29 is 23.4 Å². The summed E-state index contributed by atoms with van der Waals surface area (Å²) in [7, 11) is -3.94. The van der Waals surface area contributed by atoms with Gasteiger partial charge >= 0.3 is 0 Å². The van der Waals surface area contributed by atoms with Crippen molar-refractivity contribution in [2.45, 2.75) is 22.9 Å². The maximum Gasteiger partial charge on any atom is 0.269 e. The standard InChI is InChI=1S/C19H16N6O5S2/c20-11-5-6-12(17-14(27)8-7-13(26)16(11)17)25-22-19(21-23-25)31-9-24-18(28)10-3-1-2-4-15(10)32(24,29)30/h1-6,26-27H,7-9,20H2. The summed E-state index contributed by atoms with van der Waals surface area (Å²) in [6.07, 6.45) is 0.500. The van der Waals surface area contributed by atoms with E-state index in [-0.39, 0.29) is 45.9 Å². The first-order valence-corrected chi connectivity index (χ1v) is 11.8. The Morgan fingerprint density at radius 1 is 1.06 bits per heavy atom. The average Bonchev–Trinajstić information content (AvgIpc) is 3.31. The zero-order chi connectivity index (χ0) is 22.6. The lowest BCUT2D eigenvalue weighted by Gasteiger charge is -2.13. The van der Waals surface area contributed by atoms with Crippen molar-refractivity contribution in [3.8, 4) is 5.69 Å². The molecule has 0 bridgehead atoms. The number of thioether (sulfide) groups is 1. The van der Waals surface area contributed by atoms with Crippen LogP contribution in [0.2, 0.25) is 0 Å². The lowest BCUT2D eigenvalue weighted by molar-refractivity contribution is 0.0887. The lowest BCUT2D eigenvalue weighted by Crippen LogP contribution is -2.38. The van der Waals surface area contributed by atoms with Gasteiger partial charge in [-0.15, -0.1) is 15.0 Å². The van der Waals surface area contributed by atoms with Gasteiger partial charge in [0.2, 0.25) is 5.16 Å². The molecule has 0 saturated carbocycles. The fourth-order valence-electron chi connectivity index (χ4n) is 3.70. The number of tetrazole rings is 1. The summed E-state index contributed by atoms with van der Waals surface area (Å²) in [6, 6.07) is 9.17. The molecule has 32 heavy (non-hydrogen) atoms. The third-order valence-electron chi connectivity index (χ3n) is 5.23. The number of fused-ring (bicyclic) bond motifs is 2. The lowest BCUT2D eigenvalue weighted by atomic mass is 10.0. The van der Waals surface area contributed by atoms with Crippen LogP contribution in [0.4, 0.5) is 5.69 Å². The van der Waals surface area contributed by atoms with E-state index in [4.69, 9.17) is 5.73 Å². The number of nitrogens with two attached hydrogens (primary N) is 1. The van der Waals surface area contributed by atoms with Crippen LogP contribution in [0.3, 0.4) is 0 Å². The van der Waals surface area contributed by atoms with Gasteiger partial charge in [-0.05, 0) is 29.5 Å². The number of rotatable bonds is 4. The number of hydrogen-bond donors (Lipinski definition) is 3. The van der Waals surface area contributed by atoms with E-state index in [9.17, 15) is 23.4 Å². The number of anilines is 1. The summed E-state index contributed by atoms with van der Waals surface area (Å²) >= 11 is 0.924. The Kier molecular flexibility index (Phi) is 4.60. The largest absolute Gasteiger partial charge is 0.512 e. The molecule has 164 valence electrons. The number of hydrogen-bond acceptors (Lipinski definition) is 10. The molecule has 0 atom stereocenters. The molecule has 0 spiro atoms. The second kappa shape index (κ2) is 7.24. The van der Waals surface area contributed by atoms with E-state index >= 15 is 0 Å². The highest BCUT2D eigenvalue weighted by Crippen LogP contribution is 2.32. The van der Waals surface area contributed by atoms with Crippen LogP contribution in [0.25, 0.3) is 17.2 Å². The monoisotopic (exact) mass is 472 g/mol. The smallest absolute Gasteiger partial charge is 0.269 e. The number of aliphatic hydroxyl groups excluding tert-OH is 2. The molecule has 0 fully saturated rings. The fraction of sp³-hybridized carbons (Fsp3) is 0.158. The van der Waals surface area contributed by atoms with Crippen molar-refractivity contribution in [2.24, 2.45) is 0 Å². The predicted molar refractivity (Wildman–Crippen MR) is 115 cm³/mol. The van der Waals surface area contributed by atoms with Gasteiger partial charge in [0, 0.05) is 23.7 Å². The number of carbonyl (C=O) groups excluding carboxylic acids is 1. The van der Waals surface area contributed by atoms with E-state index < -0.39 is 15.9 Å². The number of carbonyl (C=O) groups is 1. The Bertz CT molecular complexity index is 1520. The molecular formula is C19H16N6O5S2. The molecule has 4 N–H and O–H groups in total. The molecule has 1 amide bonds. The van der Waals surface area contributed by atoms with Crippen LogP contribution < -0.4 is 16.2 Å². The van der Waals surface area contributed by atoms with Gasteiger partial charge in [-0.25, -0.2) is 12.7 Å². The molecule has 0 saturated heterocycles. The minimum absolute atomic E-state index is 0.0298. The summed E-state index contributed by atoms with van der Waals surface area (Å²) in [4.78, 5) is 13.7. The normalized spacial score (nSPS) is 16.9. The zero-order valence-electron chi connectivity index (χ0n) is 16.3. The molecule has 2 aromatic carbocycles. The Morgan fingerprint density at radius 3 is 2.53 bits per heavy atom. The van der Waals surface area contributed by atoms with E-state index in [1.165, 1.54) is 12.1 Å². The van der Waals surface area contributed by atoms with E-state index in [2.05, 4.69) is 15.4 Å². The number of sulfonamides is 1. The Balaban J connectivity index is 1.45. The van der Waals surface area contributed by atoms with E-state index in [1.54, 1.807) is 24.3 Å². The number of benzene rings is 2. The van der Waals surface area contributed by atoms with Crippen LogP contribution in [-0.2, 0) is 10.0 Å². The maximum atomic E-state index is 12.7. The fourth-order valence-corrected chi connectivity index (χ4v) is 6.23. The minimum atomic E-state index is -3.94. The number of nitrogens with zero attached hydrogens (tertiary/aromatic N) is 5. The van der Waals surface area contributed by atoms with Gasteiger partial charge in [0.15, 0.2) is 0 Å². The molecule has 2 aliphatic rings. The quantitative estimate of drug-likeness (QED) is 0.354. The van der Waals surface area contributed by atoms with Gasteiger partial charge in [-0.1, -0.05) is 23.9 Å². The Labute approximate surface area is 185 Å². The van der Waals surface area contributed by atoms with Crippen molar-refractivity contribution in [3.05, 3.63) is 52.4 Å². The van der Waals surface area contributed by atoms with Gasteiger partial charge in [0.25, 0.3) is 15.9 Å². The van der Waals surface area contributed by atoms with Gasteiger partial charge in [0.1, 0.15) is 16.4 Å². The molecule has 1 aromatic heterocycles. The zero-order valence-corrected chi connectivity index (χ0v) is 18.0. The van der Waals surface area contributed by atoms with Crippen LogP contribution in [0.5, 0.6) is 0 Å². The summed E-state index contributed by atoms with van der Waals surface area (Å²) in [5.74, 6) is -0.742. The molecule has 0 radical (unpaired) electrons. The molecule has 0 unspecified atom stereocenters. The van der Waals surface area contributed by atoms with Crippen molar-refractivity contribution in [2.75, 3.05) is 11.6 Å². The summed E-state index contributed by atoms with van der Waals surface area (Å²) in [6.45, 7) is 0. The van der Waals surface area contributed by atoms with Crippen LogP contribution in [0, 0.1) is 0 Å². The second-order valence-electron chi connectivity index (χ2n) is 7.11.